The smallest absolute Gasteiger partial charge is 0.305 e. The number of nitrogens with one attached hydrogen (secondary N) is 2. The van der Waals surface area contributed by atoms with Gasteiger partial charge < -0.3 is 30.3 Å². The van der Waals surface area contributed by atoms with Crippen molar-refractivity contribution in [3.8, 4) is 22.6 Å². The number of carboxylic acid groups (broad SMARTS) is 2. The van der Waals surface area contributed by atoms with Crippen LogP contribution in [0, 0.1) is 0 Å². The van der Waals surface area contributed by atoms with Crippen molar-refractivity contribution in [2.45, 2.75) is 12.8 Å². The van der Waals surface area contributed by atoms with Crippen LogP contribution in [0.25, 0.3) is 11.1 Å². The molecule has 8 nitrogen and oxygen atoms in total. The van der Waals surface area contributed by atoms with E-state index in [2.05, 4.69) is 10.6 Å². The summed E-state index contributed by atoms with van der Waals surface area (Å²) in [4.78, 5) is 21.3. The van der Waals surface area contributed by atoms with Crippen LogP contribution in [0.5, 0.6) is 11.5 Å². The quantitative estimate of drug-likeness (QED) is 0.464. The Morgan fingerprint density at radius 2 is 1.18 bits per heavy atom. The normalized spacial score (nSPS) is 10.2. The van der Waals surface area contributed by atoms with Crippen molar-refractivity contribution in [1.82, 2.24) is 0 Å². The number of carboxylic acids is 2. The summed E-state index contributed by atoms with van der Waals surface area (Å²) in [6.07, 6.45) is 0.0247. The van der Waals surface area contributed by atoms with Crippen LogP contribution >= 0.6 is 0 Å². The van der Waals surface area contributed by atoms with Crippen LogP contribution < -0.4 is 20.1 Å². The zero-order valence-electron chi connectivity index (χ0n) is 15.8. The third kappa shape index (κ3) is 5.80. The molecule has 0 heterocycles. The number of anilines is 2. The maximum Gasteiger partial charge on any atom is 0.305 e. The minimum Gasteiger partial charge on any atom is -0.495 e. The first kappa shape index (κ1) is 20.9. The highest BCUT2D eigenvalue weighted by atomic mass is 16.5. The molecule has 0 bridgehead atoms. The Morgan fingerprint density at radius 3 is 1.50 bits per heavy atom. The molecule has 2 aromatic carbocycles. The molecule has 4 N–H and O–H groups in total. The van der Waals surface area contributed by atoms with E-state index in [1.165, 1.54) is 0 Å². The number of aliphatic carboxylic acids is 2. The molecule has 0 aromatic heterocycles. The minimum absolute atomic E-state index is 0.0123. The van der Waals surface area contributed by atoms with Crippen molar-refractivity contribution in [1.29, 1.82) is 0 Å². The van der Waals surface area contributed by atoms with Crippen LogP contribution in [0.15, 0.2) is 36.4 Å². The minimum atomic E-state index is -0.868. The molecule has 0 fully saturated rings. The molecule has 0 aliphatic heterocycles. The van der Waals surface area contributed by atoms with Crippen LogP contribution in [-0.4, -0.2) is 49.5 Å². The highest BCUT2D eigenvalue weighted by molar-refractivity contribution is 5.75. The summed E-state index contributed by atoms with van der Waals surface area (Å²) in [6, 6.07) is 11.2. The molecular formula is C20H24N2O6. The number of hydrogen-bond donors (Lipinski definition) is 4. The summed E-state index contributed by atoms with van der Waals surface area (Å²) in [5.41, 5.74) is 3.23. The molecule has 0 saturated heterocycles. The van der Waals surface area contributed by atoms with E-state index >= 15 is 0 Å². The van der Waals surface area contributed by atoms with Crippen molar-refractivity contribution in [2.24, 2.45) is 0 Å². The lowest BCUT2D eigenvalue weighted by molar-refractivity contribution is -0.137. The van der Waals surface area contributed by atoms with E-state index in [0.29, 0.717) is 36.0 Å². The number of methoxy groups -OCH3 is 2. The molecule has 0 saturated carbocycles. The first-order valence-electron chi connectivity index (χ1n) is 8.72. The second kappa shape index (κ2) is 10.1. The lowest BCUT2D eigenvalue weighted by atomic mass is 10.0. The number of rotatable bonds is 11. The molecule has 0 atom stereocenters. The van der Waals surface area contributed by atoms with Gasteiger partial charge in [0.05, 0.1) is 38.4 Å². The maximum absolute atomic E-state index is 10.7. The number of benzene rings is 2. The van der Waals surface area contributed by atoms with Crippen molar-refractivity contribution < 1.29 is 29.3 Å². The van der Waals surface area contributed by atoms with Crippen LogP contribution in [0.4, 0.5) is 11.4 Å². The van der Waals surface area contributed by atoms with Gasteiger partial charge in [0.1, 0.15) is 11.5 Å². The fourth-order valence-electron chi connectivity index (χ4n) is 2.64. The highest BCUT2D eigenvalue weighted by Gasteiger charge is 2.10. The molecule has 0 aliphatic carbocycles. The van der Waals surface area contributed by atoms with Crippen molar-refractivity contribution in [2.75, 3.05) is 37.9 Å². The molecule has 0 radical (unpaired) electrons. The fourth-order valence-corrected chi connectivity index (χ4v) is 2.64. The topological polar surface area (TPSA) is 117 Å². The van der Waals surface area contributed by atoms with E-state index in [1.807, 2.05) is 36.4 Å². The largest absolute Gasteiger partial charge is 0.495 e. The highest BCUT2D eigenvalue weighted by Crippen LogP contribution is 2.34. The van der Waals surface area contributed by atoms with Gasteiger partial charge in [-0.25, -0.2) is 0 Å². The van der Waals surface area contributed by atoms with Crippen LogP contribution in [0.3, 0.4) is 0 Å². The summed E-state index contributed by atoms with van der Waals surface area (Å²) in [6.45, 7) is 0.602. The van der Waals surface area contributed by atoms with E-state index in [9.17, 15) is 9.59 Å². The number of ether oxygens (including phenoxy) is 2. The molecule has 2 aromatic rings. The van der Waals surface area contributed by atoms with Gasteiger partial charge in [-0.05, 0) is 35.4 Å². The summed E-state index contributed by atoms with van der Waals surface area (Å²) in [5.74, 6) is -0.532. The standard InChI is InChI=1S/C20H24N2O6/c1-27-17-11-13(3-5-15(17)21-9-7-19(23)24)14-4-6-16(18(12-14)28-2)22-10-8-20(25)26/h3-6,11-12,21-22H,7-10H2,1-2H3,(H,23,24)(H,25,26). The van der Waals surface area contributed by atoms with Gasteiger partial charge in [0.25, 0.3) is 0 Å². The summed E-state index contributed by atoms with van der Waals surface area (Å²) < 4.78 is 10.8. The number of hydrogen-bond acceptors (Lipinski definition) is 6. The Hall–Kier alpha value is -3.42. The molecule has 2 rings (SSSR count). The van der Waals surface area contributed by atoms with Crippen LogP contribution in [0.1, 0.15) is 12.8 Å². The van der Waals surface area contributed by atoms with E-state index in [4.69, 9.17) is 19.7 Å². The molecular weight excluding hydrogens is 364 g/mol. The molecule has 0 spiro atoms. The van der Waals surface area contributed by atoms with Gasteiger partial charge in [-0.15, -0.1) is 0 Å². The Bertz CT molecular complexity index is 768. The first-order valence-corrected chi connectivity index (χ1v) is 8.72. The third-order valence-electron chi connectivity index (χ3n) is 4.05. The Kier molecular flexibility index (Phi) is 7.50. The van der Waals surface area contributed by atoms with E-state index in [-0.39, 0.29) is 12.8 Å². The zero-order valence-corrected chi connectivity index (χ0v) is 15.8. The monoisotopic (exact) mass is 388 g/mol. The van der Waals surface area contributed by atoms with Crippen molar-refractivity contribution in [3.63, 3.8) is 0 Å². The van der Waals surface area contributed by atoms with E-state index in [1.54, 1.807) is 14.2 Å². The first-order chi connectivity index (χ1) is 13.4. The lowest BCUT2D eigenvalue weighted by Crippen LogP contribution is -2.08. The van der Waals surface area contributed by atoms with E-state index in [0.717, 1.165) is 11.1 Å². The summed E-state index contributed by atoms with van der Waals surface area (Å²) in [7, 11) is 3.11. The molecule has 0 unspecified atom stereocenters. The molecule has 8 heteroatoms. The predicted molar refractivity (Wildman–Crippen MR) is 106 cm³/mol. The van der Waals surface area contributed by atoms with Crippen LogP contribution in [0.2, 0.25) is 0 Å². The second-order valence-corrected chi connectivity index (χ2v) is 5.97. The third-order valence-corrected chi connectivity index (χ3v) is 4.05. The van der Waals surface area contributed by atoms with E-state index < -0.39 is 11.9 Å². The number of carbonyl (C=O) groups is 2. The second-order valence-electron chi connectivity index (χ2n) is 5.97. The summed E-state index contributed by atoms with van der Waals surface area (Å²) >= 11 is 0. The van der Waals surface area contributed by atoms with Gasteiger partial charge in [-0.2, -0.15) is 0 Å². The maximum atomic E-state index is 10.7. The Morgan fingerprint density at radius 1 is 0.786 bits per heavy atom. The molecule has 150 valence electrons. The molecule has 0 aliphatic rings. The fraction of sp³-hybridized carbons (Fsp3) is 0.300. The molecule has 28 heavy (non-hydrogen) atoms. The van der Waals surface area contributed by atoms with Gasteiger partial charge >= 0.3 is 11.9 Å². The van der Waals surface area contributed by atoms with Gasteiger partial charge in [0.15, 0.2) is 0 Å². The average Bonchev–Trinajstić information content (AvgIpc) is 2.67. The average molecular weight is 388 g/mol. The summed E-state index contributed by atoms with van der Waals surface area (Å²) in [5, 5.41) is 23.6. The Labute approximate surface area is 163 Å². The SMILES string of the molecule is COc1cc(-c2ccc(NCCC(=O)O)c(OC)c2)ccc1NCCC(=O)O. The predicted octanol–water partition coefficient (Wildman–Crippen LogP) is 3.14. The van der Waals surface area contributed by atoms with Crippen molar-refractivity contribution in [3.05, 3.63) is 36.4 Å². The lowest BCUT2D eigenvalue weighted by Gasteiger charge is -2.15. The molecule has 0 amide bonds. The Balaban J connectivity index is 2.19. The zero-order chi connectivity index (χ0) is 20.5. The van der Waals surface area contributed by atoms with Gasteiger partial charge in [0.2, 0.25) is 0 Å². The van der Waals surface area contributed by atoms with Crippen molar-refractivity contribution >= 4 is 23.3 Å². The van der Waals surface area contributed by atoms with Gasteiger partial charge in [0, 0.05) is 13.1 Å². The van der Waals surface area contributed by atoms with Gasteiger partial charge in [-0.1, -0.05) is 12.1 Å². The van der Waals surface area contributed by atoms with Gasteiger partial charge in [-0.3, -0.25) is 9.59 Å². The van der Waals surface area contributed by atoms with Crippen LogP contribution in [-0.2, 0) is 9.59 Å².